The molecule has 0 bridgehead atoms. The van der Waals surface area contributed by atoms with E-state index >= 15 is 0 Å². The lowest BCUT2D eigenvalue weighted by Gasteiger charge is -2.24. The molecular formula is C13H17F3N2O3S. The first-order valence-electron chi connectivity index (χ1n) is 6.42. The van der Waals surface area contributed by atoms with Gasteiger partial charge in [-0.05, 0) is 24.1 Å². The largest absolute Gasteiger partial charge is 0.416 e. The van der Waals surface area contributed by atoms with Crippen molar-refractivity contribution in [1.82, 2.24) is 9.84 Å². The highest BCUT2D eigenvalue weighted by Crippen LogP contribution is 2.31. The third kappa shape index (κ3) is 4.70. The number of sulfonamides is 1. The van der Waals surface area contributed by atoms with E-state index in [1.807, 2.05) is 0 Å². The SMILES string of the molecule is CC(=O)NN(CC(C)C)S(=O)(=O)c1cccc(C(F)(F)F)c1. The minimum atomic E-state index is -4.65. The van der Waals surface area contributed by atoms with Gasteiger partial charge in [-0.2, -0.15) is 13.2 Å². The molecule has 0 fully saturated rings. The highest BCUT2D eigenvalue weighted by atomic mass is 32.2. The van der Waals surface area contributed by atoms with E-state index in [1.54, 1.807) is 13.8 Å². The first kappa shape index (κ1) is 18.4. The molecule has 22 heavy (non-hydrogen) atoms. The minimum Gasteiger partial charge on any atom is -0.275 e. The molecule has 0 unspecified atom stereocenters. The molecule has 1 aromatic rings. The third-order valence-corrected chi connectivity index (χ3v) is 4.23. The molecule has 1 amide bonds. The van der Waals surface area contributed by atoms with E-state index in [9.17, 15) is 26.4 Å². The monoisotopic (exact) mass is 338 g/mol. The Bertz CT molecular complexity index is 642. The van der Waals surface area contributed by atoms with E-state index < -0.39 is 32.6 Å². The number of halogens is 3. The van der Waals surface area contributed by atoms with Crippen LogP contribution in [0.1, 0.15) is 26.3 Å². The summed E-state index contributed by atoms with van der Waals surface area (Å²) in [5, 5.41) is 0. The Balaban J connectivity index is 3.27. The van der Waals surface area contributed by atoms with Crippen LogP contribution in [0.3, 0.4) is 0 Å². The van der Waals surface area contributed by atoms with Gasteiger partial charge in [0.2, 0.25) is 5.91 Å². The fraction of sp³-hybridized carbons (Fsp3) is 0.462. The smallest absolute Gasteiger partial charge is 0.275 e. The molecule has 0 spiro atoms. The summed E-state index contributed by atoms with van der Waals surface area (Å²) in [4.78, 5) is 10.6. The van der Waals surface area contributed by atoms with Crippen LogP contribution in [0.2, 0.25) is 0 Å². The zero-order chi connectivity index (χ0) is 17.1. The summed E-state index contributed by atoms with van der Waals surface area (Å²) in [6, 6.07) is 3.39. The predicted octanol–water partition coefficient (Wildman–Crippen LogP) is 2.40. The van der Waals surface area contributed by atoms with Gasteiger partial charge in [0.25, 0.3) is 10.0 Å². The van der Waals surface area contributed by atoms with Crippen LogP contribution in [0.15, 0.2) is 29.2 Å². The van der Waals surface area contributed by atoms with Gasteiger partial charge in [0.05, 0.1) is 10.5 Å². The molecule has 1 aromatic carbocycles. The second-order valence-electron chi connectivity index (χ2n) is 5.12. The first-order valence-corrected chi connectivity index (χ1v) is 7.86. The number of alkyl halides is 3. The standard InChI is InChI=1S/C13H17F3N2O3S/c1-9(2)8-18(17-10(3)19)22(20,21)12-6-4-5-11(7-12)13(14,15)16/h4-7,9H,8H2,1-3H3,(H,17,19). The lowest BCUT2D eigenvalue weighted by molar-refractivity contribution is -0.137. The summed E-state index contributed by atoms with van der Waals surface area (Å²) in [6.07, 6.45) is -4.65. The van der Waals surface area contributed by atoms with Crippen molar-refractivity contribution >= 4 is 15.9 Å². The third-order valence-electron chi connectivity index (χ3n) is 2.56. The quantitative estimate of drug-likeness (QED) is 0.839. The maximum Gasteiger partial charge on any atom is 0.416 e. The normalized spacial score (nSPS) is 12.7. The number of carbonyl (C=O) groups is 1. The molecular weight excluding hydrogens is 321 g/mol. The number of hydrogen-bond acceptors (Lipinski definition) is 3. The summed E-state index contributed by atoms with van der Waals surface area (Å²) in [7, 11) is -4.27. The second kappa shape index (κ2) is 6.66. The molecule has 0 radical (unpaired) electrons. The van der Waals surface area contributed by atoms with Crippen LogP contribution in [-0.2, 0) is 21.0 Å². The Kier molecular flexibility index (Phi) is 5.58. The number of amides is 1. The Labute approximate surface area is 127 Å². The number of benzene rings is 1. The number of rotatable bonds is 5. The summed E-state index contributed by atoms with van der Waals surface area (Å²) in [5.74, 6) is -0.761. The van der Waals surface area contributed by atoms with E-state index in [4.69, 9.17) is 0 Å². The van der Waals surface area contributed by atoms with E-state index in [0.717, 1.165) is 25.1 Å². The first-order chi connectivity index (χ1) is 9.94. The van der Waals surface area contributed by atoms with Gasteiger partial charge in [-0.3, -0.25) is 10.2 Å². The molecule has 0 aliphatic rings. The van der Waals surface area contributed by atoms with E-state index in [0.29, 0.717) is 10.5 Å². The molecule has 0 saturated carbocycles. The molecule has 0 aliphatic carbocycles. The average molecular weight is 338 g/mol. The van der Waals surface area contributed by atoms with Crippen molar-refractivity contribution in [3.05, 3.63) is 29.8 Å². The Morgan fingerprint density at radius 3 is 2.36 bits per heavy atom. The van der Waals surface area contributed by atoms with Crippen LogP contribution in [0.5, 0.6) is 0 Å². The van der Waals surface area contributed by atoms with Crippen molar-refractivity contribution in [2.75, 3.05) is 6.54 Å². The lowest BCUT2D eigenvalue weighted by atomic mass is 10.2. The predicted molar refractivity (Wildman–Crippen MR) is 74.0 cm³/mol. The molecule has 0 aromatic heterocycles. The van der Waals surface area contributed by atoms with E-state index in [1.165, 1.54) is 0 Å². The second-order valence-corrected chi connectivity index (χ2v) is 6.99. The summed E-state index contributed by atoms with van der Waals surface area (Å²) in [6.45, 7) is 4.50. The zero-order valence-corrected chi connectivity index (χ0v) is 13.1. The molecule has 9 heteroatoms. The maximum atomic E-state index is 12.7. The van der Waals surface area contributed by atoms with Gasteiger partial charge in [-0.15, -0.1) is 4.41 Å². The van der Waals surface area contributed by atoms with Gasteiger partial charge in [-0.25, -0.2) is 8.42 Å². The molecule has 1 N–H and O–H groups in total. The maximum absolute atomic E-state index is 12.7. The minimum absolute atomic E-state index is 0.0574. The van der Waals surface area contributed by atoms with E-state index in [-0.39, 0.29) is 12.5 Å². The van der Waals surface area contributed by atoms with Crippen molar-refractivity contribution in [3.8, 4) is 0 Å². The highest BCUT2D eigenvalue weighted by molar-refractivity contribution is 7.89. The van der Waals surface area contributed by atoms with Crippen LogP contribution < -0.4 is 5.43 Å². The Morgan fingerprint density at radius 2 is 1.91 bits per heavy atom. The molecule has 0 saturated heterocycles. The van der Waals surface area contributed by atoms with Crippen molar-refractivity contribution in [2.24, 2.45) is 5.92 Å². The highest BCUT2D eigenvalue weighted by Gasteiger charge is 2.33. The lowest BCUT2D eigenvalue weighted by Crippen LogP contribution is -2.46. The summed E-state index contributed by atoms with van der Waals surface area (Å²) in [5.41, 5.74) is 1.06. The summed E-state index contributed by atoms with van der Waals surface area (Å²) >= 11 is 0. The molecule has 0 aliphatic heterocycles. The van der Waals surface area contributed by atoms with Gasteiger partial charge in [-0.1, -0.05) is 19.9 Å². The number of nitrogens with one attached hydrogen (secondary N) is 1. The van der Waals surface area contributed by atoms with Crippen LogP contribution in [0.4, 0.5) is 13.2 Å². The fourth-order valence-electron chi connectivity index (χ4n) is 1.67. The molecule has 5 nitrogen and oxygen atoms in total. The van der Waals surface area contributed by atoms with Crippen LogP contribution in [0, 0.1) is 5.92 Å². The Hall–Kier alpha value is -1.61. The van der Waals surface area contributed by atoms with E-state index in [2.05, 4.69) is 5.43 Å². The topological polar surface area (TPSA) is 66.5 Å². The van der Waals surface area contributed by atoms with Crippen molar-refractivity contribution in [1.29, 1.82) is 0 Å². The molecule has 0 heterocycles. The average Bonchev–Trinajstić information content (AvgIpc) is 2.36. The van der Waals surface area contributed by atoms with Crippen molar-refractivity contribution < 1.29 is 26.4 Å². The van der Waals surface area contributed by atoms with Crippen molar-refractivity contribution in [2.45, 2.75) is 31.8 Å². The Morgan fingerprint density at radius 1 is 1.32 bits per heavy atom. The molecule has 0 atom stereocenters. The number of carbonyl (C=O) groups excluding carboxylic acids is 1. The van der Waals surface area contributed by atoms with Crippen LogP contribution in [0.25, 0.3) is 0 Å². The number of hydrogen-bond donors (Lipinski definition) is 1. The van der Waals surface area contributed by atoms with Gasteiger partial charge in [0.1, 0.15) is 0 Å². The fourth-order valence-corrected chi connectivity index (χ4v) is 3.20. The van der Waals surface area contributed by atoms with Crippen molar-refractivity contribution in [3.63, 3.8) is 0 Å². The van der Waals surface area contributed by atoms with Gasteiger partial charge in [0.15, 0.2) is 0 Å². The number of hydrazine groups is 1. The molecule has 1 rings (SSSR count). The van der Waals surface area contributed by atoms with Crippen LogP contribution in [-0.4, -0.2) is 25.3 Å². The zero-order valence-electron chi connectivity index (χ0n) is 12.3. The van der Waals surface area contributed by atoms with Gasteiger partial charge in [0, 0.05) is 13.5 Å². The molecule has 124 valence electrons. The van der Waals surface area contributed by atoms with Gasteiger partial charge < -0.3 is 0 Å². The summed E-state index contributed by atoms with van der Waals surface area (Å²) < 4.78 is 63.6. The van der Waals surface area contributed by atoms with Crippen LogP contribution >= 0.6 is 0 Å². The number of nitrogens with zero attached hydrogens (tertiary/aromatic N) is 1. The van der Waals surface area contributed by atoms with Gasteiger partial charge >= 0.3 is 6.18 Å².